The number of amides is 3. The molecule has 11 heteroatoms. The Kier molecular flexibility index (Phi) is 11.3. The number of H-pyrrole nitrogens is 1. The molecule has 6 unspecified atom stereocenters. The number of aliphatic carboxylic acids is 1. The average molecular weight is 532 g/mol. The zero-order valence-electron chi connectivity index (χ0n) is 22.7. The maximum Gasteiger partial charge on any atom is 0.326 e. The summed E-state index contributed by atoms with van der Waals surface area (Å²) in [7, 11) is 0. The van der Waals surface area contributed by atoms with Crippen molar-refractivity contribution in [1.82, 2.24) is 20.9 Å². The first-order valence-electron chi connectivity index (χ1n) is 13.0. The smallest absolute Gasteiger partial charge is 0.326 e. The molecule has 0 fully saturated rings. The van der Waals surface area contributed by atoms with E-state index in [9.17, 15) is 29.4 Å². The van der Waals surface area contributed by atoms with Crippen molar-refractivity contribution in [3.63, 3.8) is 0 Å². The van der Waals surface area contributed by atoms with Gasteiger partial charge in [-0.1, -0.05) is 52.3 Å². The van der Waals surface area contributed by atoms with E-state index < -0.39 is 54.0 Å². The fraction of sp³-hybridized carbons (Fsp3) is 0.556. The van der Waals surface area contributed by atoms with Crippen LogP contribution >= 0.6 is 0 Å². The van der Waals surface area contributed by atoms with E-state index in [1.54, 1.807) is 6.20 Å². The van der Waals surface area contributed by atoms with Gasteiger partial charge in [-0.25, -0.2) is 4.79 Å². The molecule has 0 radical (unpaired) electrons. The third kappa shape index (κ3) is 8.29. The van der Waals surface area contributed by atoms with Crippen molar-refractivity contribution in [2.75, 3.05) is 0 Å². The highest BCUT2D eigenvalue weighted by atomic mass is 16.4. The summed E-state index contributed by atoms with van der Waals surface area (Å²) in [5.74, 6) is -3.35. The minimum Gasteiger partial charge on any atom is -0.480 e. The molecule has 8 N–H and O–H groups in total. The summed E-state index contributed by atoms with van der Waals surface area (Å²) in [6.07, 6.45) is 1.30. The van der Waals surface area contributed by atoms with Gasteiger partial charge in [0.15, 0.2) is 0 Å². The quantitative estimate of drug-likeness (QED) is 0.190. The van der Waals surface area contributed by atoms with Crippen molar-refractivity contribution >= 4 is 34.6 Å². The summed E-state index contributed by atoms with van der Waals surface area (Å²) in [5, 5.41) is 28.5. The van der Waals surface area contributed by atoms with Gasteiger partial charge in [-0.15, -0.1) is 0 Å². The number of para-hydroxylation sites is 1. The van der Waals surface area contributed by atoms with Crippen LogP contribution < -0.4 is 21.7 Å². The molecule has 6 atom stereocenters. The van der Waals surface area contributed by atoms with Crippen molar-refractivity contribution in [1.29, 1.82) is 0 Å². The maximum absolute atomic E-state index is 13.1. The Labute approximate surface area is 222 Å². The van der Waals surface area contributed by atoms with E-state index >= 15 is 0 Å². The highest BCUT2D eigenvalue weighted by Crippen LogP contribution is 2.19. The predicted molar refractivity (Wildman–Crippen MR) is 144 cm³/mol. The van der Waals surface area contributed by atoms with Gasteiger partial charge in [0.1, 0.15) is 18.1 Å². The fourth-order valence-corrected chi connectivity index (χ4v) is 4.12. The van der Waals surface area contributed by atoms with Crippen LogP contribution in [0.25, 0.3) is 10.9 Å². The van der Waals surface area contributed by atoms with E-state index in [0.29, 0.717) is 12.0 Å². The summed E-state index contributed by atoms with van der Waals surface area (Å²) in [4.78, 5) is 53.9. The number of carbonyl (C=O) groups excluding carboxylic acids is 3. The lowest BCUT2D eigenvalue weighted by Gasteiger charge is -2.28. The van der Waals surface area contributed by atoms with Gasteiger partial charge in [-0.2, -0.15) is 0 Å². The molecule has 38 heavy (non-hydrogen) atoms. The number of carbonyl (C=O) groups is 4. The minimum atomic E-state index is -1.44. The zero-order valence-corrected chi connectivity index (χ0v) is 22.7. The molecular weight excluding hydrogens is 490 g/mol. The molecule has 0 bridgehead atoms. The number of hydrogen-bond donors (Lipinski definition) is 7. The van der Waals surface area contributed by atoms with Crippen LogP contribution in [-0.2, 0) is 25.6 Å². The lowest BCUT2D eigenvalue weighted by atomic mass is 9.97. The van der Waals surface area contributed by atoms with Gasteiger partial charge in [0.2, 0.25) is 17.7 Å². The Morgan fingerprint density at radius 1 is 0.947 bits per heavy atom. The first kappa shape index (κ1) is 30.8. The lowest BCUT2D eigenvalue weighted by molar-refractivity contribution is -0.143. The second kappa shape index (κ2) is 13.9. The number of fused-ring (bicyclic) bond motifs is 1. The number of aromatic amines is 1. The Hall–Kier alpha value is -3.44. The standard InChI is InChI=1S/C27H41N5O6/c1-6-15(4)22(28)25(35)30-20(11-14(2)3)24(34)32-23(16(5)33)26(36)31-21(27(37)38)12-17-13-29-19-10-8-7-9-18(17)19/h7-10,13-16,20-23,29,33H,6,11-12,28H2,1-5H3,(H,30,35)(H,31,36)(H,32,34)(H,37,38). The lowest BCUT2D eigenvalue weighted by Crippen LogP contribution is -2.60. The molecule has 3 amide bonds. The van der Waals surface area contributed by atoms with E-state index in [1.807, 2.05) is 52.0 Å². The molecule has 0 saturated carbocycles. The van der Waals surface area contributed by atoms with Crippen molar-refractivity contribution in [2.24, 2.45) is 17.6 Å². The van der Waals surface area contributed by atoms with Gasteiger partial charge in [0, 0.05) is 23.5 Å². The minimum absolute atomic E-state index is 0.00883. The number of carboxylic acids is 1. The molecule has 1 heterocycles. The van der Waals surface area contributed by atoms with Crippen LogP contribution in [0.15, 0.2) is 30.5 Å². The second-order valence-electron chi connectivity index (χ2n) is 10.3. The molecule has 210 valence electrons. The van der Waals surface area contributed by atoms with Crippen LogP contribution in [0.5, 0.6) is 0 Å². The molecule has 2 aromatic rings. The van der Waals surface area contributed by atoms with Crippen LogP contribution in [0.2, 0.25) is 0 Å². The summed E-state index contributed by atoms with van der Waals surface area (Å²) < 4.78 is 0. The van der Waals surface area contributed by atoms with Gasteiger partial charge in [0.05, 0.1) is 12.1 Å². The average Bonchev–Trinajstić information content (AvgIpc) is 3.27. The largest absolute Gasteiger partial charge is 0.480 e. The number of benzene rings is 1. The number of nitrogens with two attached hydrogens (primary N) is 1. The molecule has 1 aromatic carbocycles. The molecule has 0 aliphatic rings. The van der Waals surface area contributed by atoms with Crippen LogP contribution in [0.1, 0.15) is 53.0 Å². The molecule has 11 nitrogen and oxygen atoms in total. The SMILES string of the molecule is CCC(C)C(N)C(=O)NC(CC(C)C)C(=O)NC(C(=O)NC(Cc1c[nH]c2ccccc12)C(=O)O)C(C)O. The molecule has 2 rings (SSSR count). The van der Waals surface area contributed by atoms with Crippen molar-refractivity contribution in [2.45, 2.75) is 84.2 Å². The Bertz CT molecular complexity index is 1110. The molecule has 1 aromatic heterocycles. The molecule has 0 spiro atoms. The van der Waals surface area contributed by atoms with E-state index in [-0.39, 0.29) is 24.7 Å². The van der Waals surface area contributed by atoms with Crippen LogP contribution in [0.4, 0.5) is 0 Å². The van der Waals surface area contributed by atoms with E-state index in [0.717, 1.165) is 10.9 Å². The van der Waals surface area contributed by atoms with E-state index in [1.165, 1.54) is 6.92 Å². The highest BCUT2D eigenvalue weighted by molar-refractivity contribution is 5.94. The van der Waals surface area contributed by atoms with Gasteiger partial charge < -0.3 is 36.9 Å². The first-order chi connectivity index (χ1) is 17.8. The van der Waals surface area contributed by atoms with E-state index in [4.69, 9.17) is 5.73 Å². The van der Waals surface area contributed by atoms with Crippen molar-refractivity contribution in [3.8, 4) is 0 Å². The van der Waals surface area contributed by atoms with Crippen LogP contribution in [-0.4, -0.2) is 69.2 Å². The Balaban J connectivity index is 2.16. The van der Waals surface area contributed by atoms with Crippen LogP contribution in [0.3, 0.4) is 0 Å². The number of aliphatic hydroxyl groups excluding tert-OH is 1. The molecule has 0 aliphatic heterocycles. The number of nitrogens with one attached hydrogen (secondary N) is 4. The maximum atomic E-state index is 13.1. The zero-order chi connectivity index (χ0) is 28.6. The summed E-state index contributed by atoms with van der Waals surface area (Å²) in [6, 6.07) is 2.83. The van der Waals surface area contributed by atoms with Crippen LogP contribution in [0, 0.1) is 11.8 Å². The van der Waals surface area contributed by atoms with Gasteiger partial charge >= 0.3 is 5.97 Å². The summed E-state index contributed by atoms with van der Waals surface area (Å²) >= 11 is 0. The number of hydrogen-bond acceptors (Lipinski definition) is 6. The van der Waals surface area contributed by atoms with Crippen molar-refractivity contribution in [3.05, 3.63) is 36.0 Å². The summed E-state index contributed by atoms with van der Waals surface area (Å²) in [5.41, 5.74) is 7.55. The molecule has 0 aliphatic carbocycles. The topological polar surface area (TPSA) is 187 Å². The van der Waals surface area contributed by atoms with Gasteiger partial charge in [0.25, 0.3) is 0 Å². The second-order valence-corrected chi connectivity index (χ2v) is 10.3. The number of aliphatic hydroxyl groups is 1. The Morgan fingerprint density at radius 2 is 1.58 bits per heavy atom. The molecular formula is C27H41N5O6. The highest BCUT2D eigenvalue weighted by Gasteiger charge is 2.33. The first-order valence-corrected chi connectivity index (χ1v) is 13.0. The van der Waals surface area contributed by atoms with Gasteiger partial charge in [-0.05, 0) is 36.8 Å². The molecule has 0 saturated heterocycles. The van der Waals surface area contributed by atoms with Gasteiger partial charge in [-0.3, -0.25) is 14.4 Å². The fourth-order valence-electron chi connectivity index (χ4n) is 4.12. The number of carboxylic acid groups (broad SMARTS) is 1. The van der Waals surface area contributed by atoms with Crippen molar-refractivity contribution < 1.29 is 29.4 Å². The Morgan fingerprint density at radius 3 is 2.16 bits per heavy atom. The monoisotopic (exact) mass is 531 g/mol. The number of rotatable bonds is 14. The third-order valence-electron chi connectivity index (χ3n) is 6.68. The third-order valence-corrected chi connectivity index (χ3v) is 6.68. The predicted octanol–water partition coefficient (Wildman–Crippen LogP) is 1.05. The normalized spacial score (nSPS) is 16.2. The summed E-state index contributed by atoms with van der Waals surface area (Å²) in [6.45, 7) is 8.81. The van der Waals surface area contributed by atoms with E-state index in [2.05, 4.69) is 20.9 Å². The number of aromatic nitrogens is 1.